The number of nitrogens with zero attached hydrogens (tertiary/aromatic N) is 1. The Labute approximate surface area is 115 Å². The molecular weight excluding hydrogens is 260 g/mol. The van der Waals surface area contributed by atoms with E-state index in [1.165, 1.54) is 6.07 Å². The number of aromatic amines is 1. The van der Waals surface area contributed by atoms with Crippen LogP contribution in [0.25, 0.3) is 10.9 Å². The molecule has 0 bridgehead atoms. The standard InChI is InChI=1S/C13H16N4O3/c1-6-8(5-10(15)7(2)18)12-11(16-6)4-3-9(14)13(12)17(19)20/h3-4,10,16,18H,2,5,14-15H2,1H3. The van der Waals surface area contributed by atoms with E-state index in [1.807, 2.05) is 0 Å². The van der Waals surface area contributed by atoms with Gasteiger partial charge in [0.05, 0.1) is 21.9 Å². The van der Waals surface area contributed by atoms with Crippen molar-refractivity contribution in [2.24, 2.45) is 5.73 Å². The highest BCUT2D eigenvalue weighted by molar-refractivity contribution is 5.97. The minimum atomic E-state index is -0.686. The number of fused-ring (bicyclic) bond motifs is 1. The first-order valence-corrected chi connectivity index (χ1v) is 6.00. The number of aliphatic hydroxyl groups is 1. The molecule has 7 nitrogen and oxygen atoms in total. The smallest absolute Gasteiger partial charge is 0.301 e. The van der Waals surface area contributed by atoms with Crippen molar-refractivity contribution in [2.75, 3.05) is 5.73 Å². The number of aliphatic hydroxyl groups excluding tert-OH is 1. The summed E-state index contributed by atoms with van der Waals surface area (Å²) in [6, 6.07) is 2.49. The lowest BCUT2D eigenvalue weighted by molar-refractivity contribution is -0.382. The number of nitro benzene ring substituents is 1. The van der Waals surface area contributed by atoms with Crippen molar-refractivity contribution in [3.8, 4) is 0 Å². The number of nitro groups is 1. The first-order valence-electron chi connectivity index (χ1n) is 6.00. The van der Waals surface area contributed by atoms with Crippen LogP contribution >= 0.6 is 0 Å². The lowest BCUT2D eigenvalue weighted by Gasteiger charge is -2.10. The van der Waals surface area contributed by atoms with Crippen LogP contribution in [-0.2, 0) is 6.42 Å². The Morgan fingerprint density at radius 1 is 1.60 bits per heavy atom. The number of anilines is 1. The zero-order chi connectivity index (χ0) is 15.0. The van der Waals surface area contributed by atoms with Gasteiger partial charge in [-0.15, -0.1) is 0 Å². The van der Waals surface area contributed by atoms with Crippen LogP contribution in [0.4, 0.5) is 11.4 Å². The number of aromatic nitrogens is 1. The van der Waals surface area contributed by atoms with E-state index in [1.54, 1.807) is 13.0 Å². The molecule has 20 heavy (non-hydrogen) atoms. The molecule has 0 amide bonds. The van der Waals surface area contributed by atoms with E-state index in [4.69, 9.17) is 11.5 Å². The zero-order valence-electron chi connectivity index (χ0n) is 11.0. The van der Waals surface area contributed by atoms with Gasteiger partial charge in [-0.3, -0.25) is 10.1 Å². The topological polar surface area (TPSA) is 131 Å². The SMILES string of the molecule is C=C(O)C(N)Cc1c(C)[nH]c2ccc(N)c([N+](=O)[O-])c12. The predicted molar refractivity (Wildman–Crippen MR) is 77.6 cm³/mol. The third kappa shape index (κ3) is 2.19. The van der Waals surface area contributed by atoms with Crippen molar-refractivity contribution < 1.29 is 10.0 Å². The number of nitrogen functional groups attached to an aromatic ring is 1. The second kappa shape index (κ2) is 4.86. The molecule has 1 aromatic heterocycles. The number of hydrogen-bond acceptors (Lipinski definition) is 5. The van der Waals surface area contributed by atoms with Crippen LogP contribution in [0.15, 0.2) is 24.5 Å². The van der Waals surface area contributed by atoms with E-state index < -0.39 is 11.0 Å². The number of aryl methyl sites for hydroxylation is 1. The summed E-state index contributed by atoms with van der Waals surface area (Å²) in [4.78, 5) is 13.8. The molecule has 2 aromatic rings. The second-order valence-electron chi connectivity index (χ2n) is 4.71. The molecule has 1 unspecified atom stereocenters. The Morgan fingerprint density at radius 3 is 2.80 bits per heavy atom. The average Bonchev–Trinajstić information content (AvgIpc) is 2.65. The van der Waals surface area contributed by atoms with E-state index in [2.05, 4.69) is 11.6 Å². The van der Waals surface area contributed by atoms with Gasteiger partial charge in [-0.2, -0.15) is 0 Å². The maximum Gasteiger partial charge on any atom is 0.301 e. The largest absolute Gasteiger partial charge is 0.511 e. The van der Waals surface area contributed by atoms with Crippen LogP contribution in [0, 0.1) is 17.0 Å². The molecule has 0 radical (unpaired) electrons. The highest BCUT2D eigenvalue weighted by atomic mass is 16.6. The van der Waals surface area contributed by atoms with Gasteiger partial charge in [-0.05, 0) is 31.0 Å². The van der Waals surface area contributed by atoms with E-state index in [0.717, 1.165) is 5.69 Å². The number of H-pyrrole nitrogens is 1. The predicted octanol–water partition coefficient (Wildman–Crippen LogP) is 1.91. The Kier molecular flexibility index (Phi) is 3.37. The molecule has 0 saturated heterocycles. The molecule has 2 rings (SSSR count). The fourth-order valence-corrected chi connectivity index (χ4v) is 2.27. The molecule has 1 heterocycles. The number of nitrogens with two attached hydrogens (primary N) is 2. The number of nitrogens with one attached hydrogen (secondary N) is 1. The summed E-state index contributed by atoms with van der Waals surface area (Å²) < 4.78 is 0. The number of rotatable bonds is 4. The van der Waals surface area contributed by atoms with Crippen LogP contribution in [0.5, 0.6) is 0 Å². The van der Waals surface area contributed by atoms with Crippen LogP contribution in [0.1, 0.15) is 11.3 Å². The van der Waals surface area contributed by atoms with Gasteiger partial charge in [-0.25, -0.2) is 0 Å². The van der Waals surface area contributed by atoms with E-state index in [9.17, 15) is 15.2 Å². The highest BCUT2D eigenvalue weighted by Gasteiger charge is 2.24. The van der Waals surface area contributed by atoms with E-state index in [0.29, 0.717) is 16.5 Å². The lowest BCUT2D eigenvalue weighted by atomic mass is 10.0. The Hall–Kier alpha value is -2.54. The molecular formula is C13H16N4O3. The minimum absolute atomic E-state index is 0.0964. The summed E-state index contributed by atoms with van der Waals surface area (Å²) in [7, 11) is 0. The van der Waals surface area contributed by atoms with Crippen molar-refractivity contribution in [1.82, 2.24) is 4.98 Å². The Bertz CT molecular complexity index is 705. The summed E-state index contributed by atoms with van der Waals surface area (Å²) in [5.41, 5.74) is 13.5. The molecule has 7 heteroatoms. The highest BCUT2D eigenvalue weighted by Crippen LogP contribution is 2.36. The Balaban J connectivity index is 2.70. The molecule has 0 aliphatic carbocycles. The van der Waals surface area contributed by atoms with Gasteiger partial charge >= 0.3 is 5.69 Å². The molecule has 106 valence electrons. The maximum absolute atomic E-state index is 11.2. The van der Waals surface area contributed by atoms with Gasteiger partial charge in [0.1, 0.15) is 11.4 Å². The normalized spacial score (nSPS) is 12.5. The van der Waals surface area contributed by atoms with Crippen molar-refractivity contribution in [2.45, 2.75) is 19.4 Å². The van der Waals surface area contributed by atoms with Gasteiger partial charge in [0.15, 0.2) is 0 Å². The third-order valence-electron chi connectivity index (χ3n) is 3.32. The van der Waals surface area contributed by atoms with Crippen molar-refractivity contribution in [3.63, 3.8) is 0 Å². The number of hydrogen-bond donors (Lipinski definition) is 4. The Morgan fingerprint density at radius 2 is 2.25 bits per heavy atom. The van der Waals surface area contributed by atoms with Gasteiger partial charge in [0.2, 0.25) is 0 Å². The van der Waals surface area contributed by atoms with Crippen LogP contribution < -0.4 is 11.5 Å². The van der Waals surface area contributed by atoms with Gasteiger partial charge in [-0.1, -0.05) is 6.58 Å². The lowest BCUT2D eigenvalue weighted by Crippen LogP contribution is -2.25. The third-order valence-corrected chi connectivity index (χ3v) is 3.32. The fraction of sp³-hybridized carbons (Fsp3) is 0.231. The summed E-state index contributed by atoms with van der Waals surface area (Å²) >= 11 is 0. The van der Waals surface area contributed by atoms with E-state index in [-0.39, 0.29) is 23.6 Å². The average molecular weight is 276 g/mol. The van der Waals surface area contributed by atoms with Crippen molar-refractivity contribution in [3.05, 3.63) is 45.8 Å². The van der Waals surface area contributed by atoms with E-state index >= 15 is 0 Å². The van der Waals surface area contributed by atoms with Crippen LogP contribution in [0.2, 0.25) is 0 Å². The summed E-state index contributed by atoms with van der Waals surface area (Å²) in [5.74, 6) is -0.162. The van der Waals surface area contributed by atoms with Gasteiger partial charge in [0.25, 0.3) is 0 Å². The molecule has 1 aromatic carbocycles. The summed E-state index contributed by atoms with van der Waals surface area (Å²) in [6.45, 7) is 5.18. The van der Waals surface area contributed by atoms with Gasteiger partial charge < -0.3 is 21.6 Å². The molecule has 0 aliphatic heterocycles. The molecule has 1 atom stereocenters. The van der Waals surface area contributed by atoms with Gasteiger partial charge in [0, 0.05) is 5.69 Å². The van der Waals surface area contributed by atoms with Crippen molar-refractivity contribution in [1.29, 1.82) is 0 Å². The molecule has 0 fully saturated rings. The number of benzene rings is 1. The fourth-order valence-electron chi connectivity index (χ4n) is 2.27. The molecule has 0 aliphatic rings. The maximum atomic E-state index is 11.2. The second-order valence-corrected chi connectivity index (χ2v) is 4.71. The van der Waals surface area contributed by atoms with Crippen molar-refractivity contribution >= 4 is 22.3 Å². The molecule has 6 N–H and O–H groups in total. The summed E-state index contributed by atoms with van der Waals surface area (Å²) in [6.07, 6.45) is 0.242. The minimum Gasteiger partial charge on any atom is -0.511 e. The van der Waals surface area contributed by atoms with Crippen LogP contribution in [-0.4, -0.2) is 21.1 Å². The summed E-state index contributed by atoms with van der Waals surface area (Å²) in [5, 5.41) is 21.0. The monoisotopic (exact) mass is 276 g/mol. The molecule has 0 saturated carbocycles. The zero-order valence-corrected chi connectivity index (χ0v) is 11.0. The first kappa shape index (κ1) is 13.9. The van der Waals surface area contributed by atoms with Crippen LogP contribution in [0.3, 0.4) is 0 Å². The molecule has 0 spiro atoms. The first-order chi connectivity index (χ1) is 9.32. The quantitative estimate of drug-likeness (QED) is 0.293.